The first-order chi connectivity index (χ1) is 9.33. The molecule has 3 heterocycles. The summed E-state index contributed by atoms with van der Waals surface area (Å²) in [6.45, 7) is 0. The van der Waals surface area contributed by atoms with Crippen LogP contribution in [0.4, 0.5) is 0 Å². The van der Waals surface area contributed by atoms with E-state index in [2.05, 4.69) is 19.5 Å². The zero-order valence-corrected chi connectivity index (χ0v) is 10.6. The summed E-state index contributed by atoms with van der Waals surface area (Å²) in [5, 5.41) is 11.0. The van der Waals surface area contributed by atoms with Gasteiger partial charge in [0.1, 0.15) is 11.2 Å². The Balaban J connectivity index is 1.91. The number of hydrogen-bond donors (Lipinski definition) is 2. The second kappa shape index (κ2) is 4.06. The summed E-state index contributed by atoms with van der Waals surface area (Å²) in [6, 6.07) is 2.39. The molecule has 2 N–H and O–H groups in total. The Morgan fingerprint density at radius 1 is 1.32 bits per heavy atom. The maximum Gasteiger partial charge on any atom is 0.139 e. The number of imidazole rings is 1. The van der Waals surface area contributed by atoms with Gasteiger partial charge in [0.2, 0.25) is 0 Å². The number of hydrogen-bond acceptors (Lipinski definition) is 3. The van der Waals surface area contributed by atoms with Crippen molar-refractivity contribution in [3.05, 3.63) is 24.8 Å². The van der Waals surface area contributed by atoms with Gasteiger partial charge in [-0.2, -0.15) is 0 Å². The zero-order valence-electron chi connectivity index (χ0n) is 10.6. The second-order valence-corrected chi connectivity index (χ2v) is 5.36. The number of pyridine rings is 1. The van der Waals surface area contributed by atoms with Crippen LogP contribution in [0.3, 0.4) is 0 Å². The lowest BCUT2D eigenvalue weighted by molar-refractivity contribution is 0.105. The lowest BCUT2D eigenvalue weighted by atomic mass is 9.93. The molecule has 5 nitrogen and oxygen atoms in total. The highest BCUT2D eigenvalue weighted by atomic mass is 16.3. The molecule has 2 atom stereocenters. The fourth-order valence-corrected chi connectivity index (χ4v) is 3.20. The van der Waals surface area contributed by atoms with Crippen LogP contribution in [-0.4, -0.2) is 30.7 Å². The quantitative estimate of drug-likeness (QED) is 0.702. The fourth-order valence-electron chi connectivity index (χ4n) is 3.20. The Morgan fingerprint density at radius 3 is 3.16 bits per heavy atom. The maximum atomic E-state index is 9.87. The van der Waals surface area contributed by atoms with E-state index < -0.39 is 0 Å². The highest BCUT2D eigenvalue weighted by Crippen LogP contribution is 2.33. The van der Waals surface area contributed by atoms with Gasteiger partial charge in [-0.05, 0) is 31.7 Å². The van der Waals surface area contributed by atoms with E-state index in [1.807, 2.05) is 24.8 Å². The van der Waals surface area contributed by atoms with Gasteiger partial charge in [0, 0.05) is 17.6 Å². The average molecular weight is 256 g/mol. The number of fused-ring (bicyclic) bond motifs is 3. The van der Waals surface area contributed by atoms with Gasteiger partial charge in [-0.25, -0.2) is 9.97 Å². The minimum Gasteiger partial charge on any atom is -0.393 e. The SMILES string of the molecule is O[C@H]1CCC[C@@H](n2cnc3cnc4[nH]ccc4c32)C1. The summed E-state index contributed by atoms with van der Waals surface area (Å²) in [4.78, 5) is 12.0. The average Bonchev–Trinajstić information content (AvgIpc) is 3.04. The molecule has 0 aromatic carbocycles. The van der Waals surface area contributed by atoms with E-state index in [1.165, 1.54) is 0 Å². The third-order valence-electron chi connectivity index (χ3n) is 4.13. The summed E-state index contributed by atoms with van der Waals surface area (Å²) in [5.74, 6) is 0. The minimum atomic E-state index is -0.181. The van der Waals surface area contributed by atoms with Gasteiger partial charge in [0.15, 0.2) is 0 Å². The van der Waals surface area contributed by atoms with E-state index in [-0.39, 0.29) is 6.10 Å². The number of aromatic nitrogens is 4. The number of aliphatic hydroxyl groups excluding tert-OH is 1. The molecule has 0 bridgehead atoms. The van der Waals surface area contributed by atoms with Crippen LogP contribution in [0, 0.1) is 0 Å². The summed E-state index contributed by atoms with van der Waals surface area (Å²) < 4.78 is 2.22. The summed E-state index contributed by atoms with van der Waals surface area (Å²) >= 11 is 0. The van der Waals surface area contributed by atoms with Gasteiger partial charge < -0.3 is 14.7 Å². The third-order valence-corrected chi connectivity index (χ3v) is 4.13. The van der Waals surface area contributed by atoms with E-state index in [9.17, 15) is 5.11 Å². The van der Waals surface area contributed by atoms with Crippen molar-refractivity contribution >= 4 is 22.1 Å². The van der Waals surface area contributed by atoms with Crippen molar-refractivity contribution in [3.8, 4) is 0 Å². The molecule has 0 aliphatic heterocycles. The van der Waals surface area contributed by atoms with E-state index >= 15 is 0 Å². The molecule has 3 aromatic rings. The monoisotopic (exact) mass is 256 g/mol. The van der Waals surface area contributed by atoms with Crippen molar-refractivity contribution in [1.82, 2.24) is 19.5 Å². The first kappa shape index (κ1) is 11.0. The van der Waals surface area contributed by atoms with Crippen molar-refractivity contribution in [2.45, 2.75) is 37.8 Å². The normalized spacial score (nSPS) is 24.3. The van der Waals surface area contributed by atoms with E-state index in [0.717, 1.165) is 47.8 Å². The first-order valence-corrected chi connectivity index (χ1v) is 6.79. The fraction of sp³-hybridized carbons (Fsp3) is 0.429. The molecule has 0 spiro atoms. The molecule has 0 saturated heterocycles. The minimum absolute atomic E-state index is 0.181. The predicted octanol–water partition coefficient (Wildman–Crippen LogP) is 2.39. The van der Waals surface area contributed by atoms with Gasteiger partial charge >= 0.3 is 0 Å². The Bertz CT molecular complexity index is 729. The number of nitrogens with one attached hydrogen (secondary N) is 1. The van der Waals surface area contributed by atoms with Crippen LogP contribution in [0.25, 0.3) is 22.1 Å². The van der Waals surface area contributed by atoms with Crippen LogP contribution in [0.5, 0.6) is 0 Å². The standard InChI is InChI=1S/C14H16N4O/c19-10-3-1-2-9(6-10)18-8-17-12-7-16-14-11(13(12)18)4-5-15-14/h4-5,7-10,19H,1-3,6H2,(H,15,16)/t9-,10+/m1/s1. The number of rotatable bonds is 1. The van der Waals surface area contributed by atoms with Crippen molar-refractivity contribution in [2.24, 2.45) is 0 Å². The van der Waals surface area contributed by atoms with E-state index in [1.54, 1.807) is 0 Å². The van der Waals surface area contributed by atoms with Crippen LogP contribution in [0.15, 0.2) is 24.8 Å². The topological polar surface area (TPSA) is 66.7 Å². The number of H-pyrrole nitrogens is 1. The molecule has 1 aliphatic rings. The smallest absolute Gasteiger partial charge is 0.139 e. The van der Waals surface area contributed by atoms with Gasteiger partial charge in [0.05, 0.1) is 24.1 Å². The Morgan fingerprint density at radius 2 is 2.26 bits per heavy atom. The highest BCUT2D eigenvalue weighted by Gasteiger charge is 2.23. The van der Waals surface area contributed by atoms with Crippen molar-refractivity contribution in [2.75, 3.05) is 0 Å². The Kier molecular flexibility index (Phi) is 2.35. The van der Waals surface area contributed by atoms with Crippen molar-refractivity contribution in [1.29, 1.82) is 0 Å². The molecule has 0 unspecified atom stereocenters. The molecular formula is C14H16N4O. The van der Waals surface area contributed by atoms with E-state index in [4.69, 9.17) is 0 Å². The van der Waals surface area contributed by atoms with Gasteiger partial charge in [-0.3, -0.25) is 0 Å². The molecule has 1 fully saturated rings. The Labute approximate surface area is 110 Å². The molecule has 4 rings (SSSR count). The number of nitrogens with zero attached hydrogens (tertiary/aromatic N) is 3. The number of aromatic amines is 1. The largest absolute Gasteiger partial charge is 0.393 e. The molecule has 98 valence electrons. The molecule has 1 saturated carbocycles. The molecule has 3 aromatic heterocycles. The second-order valence-electron chi connectivity index (χ2n) is 5.36. The van der Waals surface area contributed by atoms with Crippen LogP contribution >= 0.6 is 0 Å². The molecule has 19 heavy (non-hydrogen) atoms. The van der Waals surface area contributed by atoms with Gasteiger partial charge in [-0.15, -0.1) is 0 Å². The molecule has 1 aliphatic carbocycles. The molecule has 0 amide bonds. The third kappa shape index (κ3) is 1.65. The maximum absolute atomic E-state index is 9.87. The molecule has 5 heteroatoms. The summed E-state index contributed by atoms with van der Waals surface area (Å²) in [6.07, 6.45) is 9.35. The highest BCUT2D eigenvalue weighted by molar-refractivity contribution is 6.00. The molecule has 0 radical (unpaired) electrons. The van der Waals surface area contributed by atoms with Crippen molar-refractivity contribution < 1.29 is 5.11 Å². The predicted molar refractivity (Wildman–Crippen MR) is 72.9 cm³/mol. The van der Waals surface area contributed by atoms with Gasteiger partial charge in [0.25, 0.3) is 0 Å². The van der Waals surface area contributed by atoms with Gasteiger partial charge in [-0.1, -0.05) is 0 Å². The molecular weight excluding hydrogens is 240 g/mol. The summed E-state index contributed by atoms with van der Waals surface area (Å²) in [5.41, 5.74) is 2.95. The number of aliphatic hydroxyl groups is 1. The van der Waals surface area contributed by atoms with Crippen molar-refractivity contribution in [3.63, 3.8) is 0 Å². The van der Waals surface area contributed by atoms with E-state index in [0.29, 0.717) is 6.04 Å². The van der Waals surface area contributed by atoms with Crippen LogP contribution < -0.4 is 0 Å². The first-order valence-electron chi connectivity index (χ1n) is 6.79. The zero-order chi connectivity index (χ0) is 12.8. The van der Waals surface area contributed by atoms with Crippen LogP contribution in [0.1, 0.15) is 31.7 Å². The van der Waals surface area contributed by atoms with Crippen LogP contribution in [-0.2, 0) is 0 Å². The lowest BCUT2D eigenvalue weighted by Crippen LogP contribution is -2.22. The lowest BCUT2D eigenvalue weighted by Gasteiger charge is -2.27. The Hall–Kier alpha value is -1.88. The van der Waals surface area contributed by atoms with Crippen LogP contribution in [0.2, 0.25) is 0 Å². The summed E-state index contributed by atoms with van der Waals surface area (Å²) in [7, 11) is 0.